The van der Waals surface area contributed by atoms with Crippen LogP contribution in [0.1, 0.15) is 28.8 Å². The van der Waals surface area contributed by atoms with E-state index < -0.39 is 23.4 Å². The predicted molar refractivity (Wildman–Crippen MR) is 105 cm³/mol. The van der Waals surface area contributed by atoms with Crippen molar-refractivity contribution >= 4 is 11.8 Å². The number of benzene rings is 2. The molecule has 0 N–H and O–H groups in total. The lowest BCUT2D eigenvalue weighted by Gasteiger charge is -2.35. The summed E-state index contributed by atoms with van der Waals surface area (Å²) in [7, 11) is 0. The Hall–Kier alpha value is -3.17. The van der Waals surface area contributed by atoms with Gasteiger partial charge in [0.05, 0.1) is 12.2 Å². The number of halogens is 5. The maximum absolute atomic E-state index is 13.5. The van der Waals surface area contributed by atoms with E-state index >= 15 is 0 Å². The van der Waals surface area contributed by atoms with E-state index in [0.717, 1.165) is 30.3 Å². The van der Waals surface area contributed by atoms with Crippen LogP contribution in [0.25, 0.3) is 0 Å². The van der Waals surface area contributed by atoms with Crippen molar-refractivity contribution in [1.82, 2.24) is 9.80 Å². The van der Waals surface area contributed by atoms with E-state index in [-0.39, 0.29) is 49.2 Å². The second-order valence-electron chi connectivity index (χ2n) is 7.27. The Labute approximate surface area is 181 Å². The van der Waals surface area contributed by atoms with Gasteiger partial charge in [-0.05, 0) is 42.8 Å². The number of nitrogens with zero attached hydrogens (tertiary/aromatic N) is 2. The molecule has 1 saturated heterocycles. The minimum Gasteiger partial charge on any atom is -0.491 e. The second-order valence-corrected chi connectivity index (χ2v) is 7.27. The van der Waals surface area contributed by atoms with Gasteiger partial charge in [-0.1, -0.05) is 0 Å². The average molecular weight is 456 g/mol. The first-order chi connectivity index (χ1) is 15.1. The highest BCUT2D eigenvalue weighted by atomic mass is 19.4. The number of carbonyl (C=O) groups excluding carboxylic acids is 2. The van der Waals surface area contributed by atoms with Crippen molar-refractivity contribution in [3.8, 4) is 5.75 Å². The van der Waals surface area contributed by atoms with E-state index in [0.29, 0.717) is 25.6 Å². The van der Waals surface area contributed by atoms with Gasteiger partial charge in [-0.3, -0.25) is 9.59 Å². The Bertz CT molecular complexity index is 955. The predicted octanol–water partition coefficient (Wildman–Crippen LogP) is 4.13. The minimum atomic E-state index is -4.47. The standard InChI is InChI=1S/C22H21F5N2O3/c23-17-7-8-19(18(24)14-17)32-13-1-2-20(30)28-9-11-29(12-10-28)21(31)15-3-5-16(6-4-15)22(25,26)27/h3-8,14H,1-2,9-13H2. The van der Waals surface area contributed by atoms with Gasteiger partial charge < -0.3 is 14.5 Å². The third-order valence-corrected chi connectivity index (χ3v) is 5.07. The van der Waals surface area contributed by atoms with Crippen molar-refractivity contribution in [2.75, 3.05) is 32.8 Å². The third-order valence-electron chi connectivity index (χ3n) is 5.07. The number of carbonyl (C=O) groups is 2. The van der Waals surface area contributed by atoms with Crippen LogP contribution < -0.4 is 4.74 Å². The second kappa shape index (κ2) is 9.97. The van der Waals surface area contributed by atoms with Gasteiger partial charge in [-0.15, -0.1) is 0 Å². The van der Waals surface area contributed by atoms with Crippen LogP contribution in [0.4, 0.5) is 22.0 Å². The summed E-state index contributed by atoms with van der Waals surface area (Å²) in [4.78, 5) is 27.9. The monoisotopic (exact) mass is 456 g/mol. The Kier molecular flexibility index (Phi) is 7.32. The molecular formula is C22H21F5N2O3. The van der Waals surface area contributed by atoms with Gasteiger partial charge in [-0.2, -0.15) is 13.2 Å². The molecule has 2 aromatic rings. The molecule has 0 aromatic heterocycles. The van der Waals surface area contributed by atoms with Crippen molar-refractivity contribution in [2.45, 2.75) is 19.0 Å². The highest BCUT2D eigenvalue weighted by molar-refractivity contribution is 5.94. The molecule has 3 rings (SSSR count). The van der Waals surface area contributed by atoms with Gasteiger partial charge in [-0.25, -0.2) is 8.78 Å². The lowest BCUT2D eigenvalue weighted by molar-refractivity contribution is -0.137. The van der Waals surface area contributed by atoms with E-state index in [1.807, 2.05) is 0 Å². The molecule has 0 radical (unpaired) electrons. The normalized spacial score (nSPS) is 14.4. The van der Waals surface area contributed by atoms with Crippen molar-refractivity contribution < 1.29 is 36.3 Å². The molecule has 1 aliphatic heterocycles. The van der Waals surface area contributed by atoms with Crippen LogP contribution in [-0.4, -0.2) is 54.4 Å². The first-order valence-electron chi connectivity index (χ1n) is 9.97. The van der Waals surface area contributed by atoms with Gasteiger partial charge >= 0.3 is 6.18 Å². The van der Waals surface area contributed by atoms with Crippen LogP contribution in [0.5, 0.6) is 5.75 Å². The zero-order valence-electron chi connectivity index (χ0n) is 17.0. The van der Waals surface area contributed by atoms with Crippen LogP contribution in [0.3, 0.4) is 0 Å². The molecule has 1 fully saturated rings. The van der Waals surface area contributed by atoms with Crippen LogP contribution in [-0.2, 0) is 11.0 Å². The van der Waals surface area contributed by atoms with Crippen molar-refractivity contribution in [3.63, 3.8) is 0 Å². The van der Waals surface area contributed by atoms with E-state index in [1.54, 1.807) is 4.90 Å². The number of alkyl halides is 3. The van der Waals surface area contributed by atoms with Crippen LogP contribution >= 0.6 is 0 Å². The number of hydrogen-bond acceptors (Lipinski definition) is 3. The number of piperazine rings is 1. The molecular weight excluding hydrogens is 435 g/mol. The van der Waals surface area contributed by atoms with E-state index in [9.17, 15) is 31.5 Å². The number of amides is 2. The lowest BCUT2D eigenvalue weighted by atomic mass is 10.1. The molecule has 2 aromatic carbocycles. The summed E-state index contributed by atoms with van der Waals surface area (Å²) in [5.74, 6) is -2.14. The Balaban J connectivity index is 1.41. The SMILES string of the molecule is O=C(CCCOc1ccc(F)cc1F)N1CCN(C(=O)c2ccc(C(F)(F)F)cc2)CC1. The topological polar surface area (TPSA) is 49.9 Å². The summed E-state index contributed by atoms with van der Waals surface area (Å²) >= 11 is 0. The van der Waals surface area contributed by atoms with E-state index in [2.05, 4.69) is 0 Å². The highest BCUT2D eigenvalue weighted by Gasteiger charge is 2.31. The maximum Gasteiger partial charge on any atom is 0.416 e. The number of ether oxygens (including phenoxy) is 1. The van der Waals surface area contributed by atoms with E-state index in [1.165, 1.54) is 11.0 Å². The van der Waals surface area contributed by atoms with Crippen molar-refractivity contribution in [3.05, 3.63) is 65.2 Å². The van der Waals surface area contributed by atoms with Crippen molar-refractivity contribution in [2.24, 2.45) is 0 Å². The molecule has 32 heavy (non-hydrogen) atoms. The summed E-state index contributed by atoms with van der Waals surface area (Å²) in [5, 5.41) is 0. The zero-order valence-corrected chi connectivity index (χ0v) is 17.0. The Morgan fingerprint density at radius 3 is 2.12 bits per heavy atom. The molecule has 0 aliphatic carbocycles. The first-order valence-corrected chi connectivity index (χ1v) is 9.97. The first kappa shape index (κ1) is 23.5. The fraction of sp³-hybridized carbons (Fsp3) is 0.364. The molecule has 172 valence electrons. The van der Waals surface area contributed by atoms with Crippen LogP contribution in [0.15, 0.2) is 42.5 Å². The fourth-order valence-electron chi connectivity index (χ4n) is 3.30. The van der Waals surface area contributed by atoms with Gasteiger partial charge in [0, 0.05) is 44.2 Å². The summed E-state index contributed by atoms with van der Waals surface area (Å²) < 4.78 is 69.5. The summed E-state index contributed by atoms with van der Waals surface area (Å²) in [6.07, 6.45) is -3.97. The maximum atomic E-state index is 13.5. The summed E-state index contributed by atoms with van der Waals surface area (Å²) in [6.45, 7) is 1.23. The molecule has 1 aliphatic rings. The molecule has 0 bridgehead atoms. The molecule has 10 heteroatoms. The number of hydrogen-bond donors (Lipinski definition) is 0. The molecule has 2 amide bonds. The molecule has 1 heterocycles. The largest absolute Gasteiger partial charge is 0.491 e. The molecule has 0 spiro atoms. The average Bonchev–Trinajstić information content (AvgIpc) is 2.77. The third kappa shape index (κ3) is 5.95. The summed E-state index contributed by atoms with van der Waals surface area (Å²) in [5.41, 5.74) is -0.668. The van der Waals surface area contributed by atoms with Gasteiger partial charge in [0.1, 0.15) is 5.82 Å². The van der Waals surface area contributed by atoms with Gasteiger partial charge in [0.15, 0.2) is 11.6 Å². The van der Waals surface area contributed by atoms with Crippen LogP contribution in [0, 0.1) is 11.6 Å². The Morgan fingerprint density at radius 2 is 1.53 bits per heavy atom. The van der Waals surface area contributed by atoms with Gasteiger partial charge in [0.2, 0.25) is 5.91 Å². The highest BCUT2D eigenvalue weighted by Crippen LogP contribution is 2.29. The van der Waals surface area contributed by atoms with Gasteiger partial charge in [0.25, 0.3) is 5.91 Å². The van der Waals surface area contributed by atoms with Crippen LogP contribution in [0.2, 0.25) is 0 Å². The quantitative estimate of drug-likeness (QED) is 0.485. The van der Waals surface area contributed by atoms with Crippen molar-refractivity contribution in [1.29, 1.82) is 0 Å². The molecule has 0 unspecified atom stereocenters. The molecule has 5 nitrogen and oxygen atoms in total. The molecule has 0 saturated carbocycles. The molecule has 0 atom stereocenters. The zero-order chi connectivity index (χ0) is 23.3. The smallest absolute Gasteiger partial charge is 0.416 e. The minimum absolute atomic E-state index is 0.0840. The summed E-state index contributed by atoms with van der Waals surface area (Å²) in [6, 6.07) is 7.00. The number of rotatable bonds is 6. The fourth-order valence-corrected chi connectivity index (χ4v) is 3.30. The van der Waals surface area contributed by atoms with E-state index in [4.69, 9.17) is 4.74 Å². The Morgan fingerprint density at radius 1 is 0.906 bits per heavy atom. The lowest BCUT2D eigenvalue weighted by Crippen LogP contribution is -2.50.